The third kappa shape index (κ3) is 1.98. The molecule has 0 radical (unpaired) electrons. The summed E-state index contributed by atoms with van der Waals surface area (Å²) in [6.07, 6.45) is 0. The Balaban J connectivity index is 2.86. The van der Waals surface area contributed by atoms with E-state index in [9.17, 15) is 0 Å². The maximum absolute atomic E-state index is 8.90. The fraction of sp³-hybridized carbons (Fsp3) is 0.400. The summed E-state index contributed by atoms with van der Waals surface area (Å²) in [5.41, 5.74) is 2.12. The van der Waals surface area contributed by atoms with Crippen LogP contribution in [0.4, 0.5) is 5.69 Å². The van der Waals surface area contributed by atoms with Crippen LogP contribution in [0.15, 0.2) is 24.3 Å². The first-order valence-corrected chi connectivity index (χ1v) is 4.19. The highest BCUT2D eigenvalue weighted by Crippen LogP contribution is 2.13. The number of hydrogen-bond donors (Lipinski definition) is 1. The molecule has 0 atom stereocenters. The smallest absolute Gasteiger partial charge is 0.0682 e. The van der Waals surface area contributed by atoms with Crippen LogP contribution < -0.4 is 4.90 Å². The number of benzene rings is 1. The topological polar surface area (TPSA) is 23.5 Å². The largest absolute Gasteiger partial charge is 0.392 e. The van der Waals surface area contributed by atoms with Crippen LogP contribution in [0.5, 0.6) is 0 Å². The van der Waals surface area contributed by atoms with E-state index >= 15 is 0 Å². The molecule has 2 heteroatoms. The van der Waals surface area contributed by atoms with E-state index in [1.807, 2.05) is 31.3 Å². The zero-order valence-electron chi connectivity index (χ0n) is 7.62. The van der Waals surface area contributed by atoms with Crippen LogP contribution in [-0.4, -0.2) is 18.7 Å². The molecule has 66 valence electrons. The van der Waals surface area contributed by atoms with Gasteiger partial charge in [-0.15, -0.1) is 0 Å². The Morgan fingerprint density at radius 3 is 2.75 bits per heavy atom. The third-order valence-corrected chi connectivity index (χ3v) is 2.01. The van der Waals surface area contributed by atoms with Crippen LogP contribution in [0.3, 0.4) is 0 Å². The van der Waals surface area contributed by atoms with Crippen molar-refractivity contribution in [2.45, 2.75) is 13.5 Å². The molecule has 0 unspecified atom stereocenters. The summed E-state index contributed by atoms with van der Waals surface area (Å²) < 4.78 is 0. The van der Waals surface area contributed by atoms with Gasteiger partial charge in [-0.05, 0) is 24.6 Å². The first kappa shape index (κ1) is 9.07. The molecule has 0 spiro atoms. The van der Waals surface area contributed by atoms with Gasteiger partial charge < -0.3 is 10.0 Å². The number of rotatable bonds is 3. The van der Waals surface area contributed by atoms with E-state index in [4.69, 9.17) is 5.11 Å². The molecule has 0 aliphatic rings. The Kier molecular flexibility index (Phi) is 3.11. The quantitative estimate of drug-likeness (QED) is 0.736. The van der Waals surface area contributed by atoms with Gasteiger partial charge in [0.15, 0.2) is 0 Å². The zero-order chi connectivity index (χ0) is 8.97. The molecule has 0 fully saturated rings. The van der Waals surface area contributed by atoms with Crippen molar-refractivity contribution >= 4 is 5.69 Å². The Morgan fingerprint density at radius 1 is 1.42 bits per heavy atom. The minimum Gasteiger partial charge on any atom is -0.392 e. The van der Waals surface area contributed by atoms with E-state index in [0.717, 1.165) is 17.8 Å². The molecule has 1 aromatic carbocycles. The Hall–Kier alpha value is -1.02. The molecule has 0 amide bonds. The lowest BCUT2D eigenvalue weighted by Gasteiger charge is -2.16. The fourth-order valence-corrected chi connectivity index (χ4v) is 1.07. The molecule has 1 aromatic rings. The summed E-state index contributed by atoms with van der Waals surface area (Å²) in [5.74, 6) is 0. The standard InChI is InChI=1S/C10H15NO/c1-3-11(2)10-6-4-5-9(7-10)8-12/h4-7,12H,3,8H2,1-2H3. The fourth-order valence-electron chi connectivity index (χ4n) is 1.07. The molecule has 0 bridgehead atoms. The molecule has 0 aliphatic heterocycles. The van der Waals surface area contributed by atoms with Gasteiger partial charge in [0.1, 0.15) is 0 Å². The van der Waals surface area contributed by atoms with Crippen LogP contribution >= 0.6 is 0 Å². The molecular weight excluding hydrogens is 150 g/mol. The first-order chi connectivity index (χ1) is 5.77. The summed E-state index contributed by atoms with van der Waals surface area (Å²) in [7, 11) is 2.04. The van der Waals surface area contributed by atoms with Crippen LogP contribution in [0, 0.1) is 0 Å². The Bertz CT molecular complexity index is 247. The number of nitrogens with zero attached hydrogens (tertiary/aromatic N) is 1. The van der Waals surface area contributed by atoms with Crippen molar-refractivity contribution in [3.63, 3.8) is 0 Å². The molecule has 0 aliphatic carbocycles. The average molecular weight is 165 g/mol. The molecule has 0 aromatic heterocycles. The summed E-state index contributed by atoms with van der Waals surface area (Å²) in [6, 6.07) is 7.94. The first-order valence-electron chi connectivity index (χ1n) is 4.19. The van der Waals surface area contributed by atoms with Crippen molar-refractivity contribution in [3.8, 4) is 0 Å². The molecule has 0 saturated heterocycles. The van der Waals surface area contributed by atoms with Crippen molar-refractivity contribution in [1.82, 2.24) is 0 Å². The second-order valence-corrected chi connectivity index (χ2v) is 2.84. The minimum atomic E-state index is 0.116. The minimum absolute atomic E-state index is 0.116. The molecule has 12 heavy (non-hydrogen) atoms. The van der Waals surface area contributed by atoms with Crippen molar-refractivity contribution in [2.75, 3.05) is 18.5 Å². The highest BCUT2D eigenvalue weighted by Gasteiger charge is 1.97. The van der Waals surface area contributed by atoms with Crippen molar-refractivity contribution in [3.05, 3.63) is 29.8 Å². The van der Waals surface area contributed by atoms with Gasteiger partial charge in [0, 0.05) is 19.3 Å². The molecule has 0 saturated carbocycles. The van der Waals surface area contributed by atoms with E-state index in [1.54, 1.807) is 0 Å². The molecule has 2 nitrogen and oxygen atoms in total. The highest BCUT2D eigenvalue weighted by atomic mass is 16.3. The summed E-state index contributed by atoms with van der Waals surface area (Å²) >= 11 is 0. The second-order valence-electron chi connectivity index (χ2n) is 2.84. The molecular formula is C10H15NO. The number of aliphatic hydroxyl groups is 1. The van der Waals surface area contributed by atoms with Crippen molar-refractivity contribution in [2.24, 2.45) is 0 Å². The second kappa shape index (κ2) is 4.12. The van der Waals surface area contributed by atoms with Gasteiger partial charge in [0.2, 0.25) is 0 Å². The van der Waals surface area contributed by atoms with Gasteiger partial charge in [-0.2, -0.15) is 0 Å². The third-order valence-electron chi connectivity index (χ3n) is 2.01. The van der Waals surface area contributed by atoms with Crippen molar-refractivity contribution < 1.29 is 5.11 Å². The van der Waals surface area contributed by atoms with Crippen LogP contribution in [0.2, 0.25) is 0 Å². The maximum atomic E-state index is 8.90. The lowest BCUT2D eigenvalue weighted by molar-refractivity contribution is 0.282. The number of hydrogen-bond acceptors (Lipinski definition) is 2. The van der Waals surface area contributed by atoms with Crippen LogP contribution in [0.25, 0.3) is 0 Å². The van der Waals surface area contributed by atoms with Crippen molar-refractivity contribution in [1.29, 1.82) is 0 Å². The van der Waals surface area contributed by atoms with Gasteiger partial charge in [0.05, 0.1) is 6.61 Å². The van der Waals surface area contributed by atoms with E-state index in [2.05, 4.69) is 11.8 Å². The molecule has 1 rings (SSSR count). The average Bonchev–Trinajstić information content (AvgIpc) is 2.17. The van der Waals surface area contributed by atoms with Gasteiger partial charge in [-0.1, -0.05) is 12.1 Å². The predicted octanol–water partition coefficient (Wildman–Crippen LogP) is 1.64. The van der Waals surface area contributed by atoms with E-state index in [-0.39, 0.29) is 6.61 Å². The Labute approximate surface area is 73.4 Å². The van der Waals surface area contributed by atoms with Gasteiger partial charge in [-0.25, -0.2) is 0 Å². The van der Waals surface area contributed by atoms with E-state index < -0.39 is 0 Å². The normalized spacial score (nSPS) is 9.92. The summed E-state index contributed by atoms with van der Waals surface area (Å²) in [6.45, 7) is 3.20. The van der Waals surface area contributed by atoms with E-state index in [0.29, 0.717) is 0 Å². The summed E-state index contributed by atoms with van der Waals surface area (Å²) in [5, 5.41) is 8.90. The highest BCUT2D eigenvalue weighted by molar-refractivity contribution is 5.47. The van der Waals surface area contributed by atoms with Gasteiger partial charge in [-0.3, -0.25) is 0 Å². The number of anilines is 1. The SMILES string of the molecule is CCN(C)c1cccc(CO)c1. The zero-order valence-corrected chi connectivity index (χ0v) is 7.62. The Morgan fingerprint density at radius 2 is 2.17 bits per heavy atom. The maximum Gasteiger partial charge on any atom is 0.0682 e. The lowest BCUT2D eigenvalue weighted by Crippen LogP contribution is -2.15. The van der Waals surface area contributed by atoms with Gasteiger partial charge >= 0.3 is 0 Å². The van der Waals surface area contributed by atoms with Gasteiger partial charge in [0.25, 0.3) is 0 Å². The molecule has 0 heterocycles. The lowest BCUT2D eigenvalue weighted by atomic mass is 10.2. The predicted molar refractivity (Wildman–Crippen MR) is 51.3 cm³/mol. The summed E-state index contributed by atoms with van der Waals surface area (Å²) in [4.78, 5) is 2.14. The van der Waals surface area contributed by atoms with Crippen LogP contribution in [-0.2, 0) is 6.61 Å². The van der Waals surface area contributed by atoms with Crippen LogP contribution in [0.1, 0.15) is 12.5 Å². The van der Waals surface area contributed by atoms with E-state index in [1.165, 1.54) is 0 Å². The monoisotopic (exact) mass is 165 g/mol. The number of aliphatic hydroxyl groups excluding tert-OH is 1. The molecule has 1 N–H and O–H groups in total.